The van der Waals surface area contributed by atoms with Gasteiger partial charge in [-0.2, -0.15) is 13.2 Å². The van der Waals surface area contributed by atoms with Crippen molar-refractivity contribution >= 4 is 0 Å². The van der Waals surface area contributed by atoms with Gasteiger partial charge in [-0.1, -0.05) is 13.0 Å². The Hall–Kier alpha value is -1.27. The number of aliphatic hydroxyl groups excluding tert-OH is 1. The lowest BCUT2D eigenvalue weighted by Gasteiger charge is -2.17. The summed E-state index contributed by atoms with van der Waals surface area (Å²) in [5, 5.41) is 11.6. The van der Waals surface area contributed by atoms with E-state index < -0.39 is 11.7 Å². The van der Waals surface area contributed by atoms with Gasteiger partial charge in [0.25, 0.3) is 0 Å². The van der Waals surface area contributed by atoms with Crippen LogP contribution in [0.15, 0.2) is 18.2 Å². The molecule has 0 saturated carbocycles. The average Bonchev–Trinajstić information content (AvgIpc) is 2.36. The van der Waals surface area contributed by atoms with Gasteiger partial charge in [0.1, 0.15) is 5.75 Å². The van der Waals surface area contributed by atoms with Crippen molar-refractivity contribution < 1.29 is 23.0 Å². The predicted molar refractivity (Wildman–Crippen MR) is 66.0 cm³/mol. The Kier molecular flexibility index (Phi) is 5.62. The fourth-order valence-electron chi connectivity index (χ4n) is 1.52. The molecule has 0 aromatic heterocycles. The normalized spacial score (nSPS) is 13.4. The van der Waals surface area contributed by atoms with Gasteiger partial charge in [0.2, 0.25) is 0 Å². The maximum atomic E-state index is 12.9. The van der Waals surface area contributed by atoms with Crippen molar-refractivity contribution in [1.82, 2.24) is 5.32 Å². The van der Waals surface area contributed by atoms with Crippen LogP contribution in [0.5, 0.6) is 5.75 Å². The summed E-state index contributed by atoms with van der Waals surface area (Å²) in [6, 6.07) is 3.99. The van der Waals surface area contributed by atoms with Crippen LogP contribution in [-0.2, 0) is 12.7 Å². The lowest BCUT2D eigenvalue weighted by Crippen LogP contribution is -2.16. The van der Waals surface area contributed by atoms with E-state index in [0.717, 1.165) is 6.07 Å². The number of hydrogen-bond donors (Lipinski definition) is 2. The quantitative estimate of drug-likeness (QED) is 0.839. The lowest BCUT2D eigenvalue weighted by atomic mass is 10.1. The fourth-order valence-corrected chi connectivity index (χ4v) is 1.52. The highest BCUT2D eigenvalue weighted by Gasteiger charge is 2.34. The van der Waals surface area contributed by atoms with E-state index in [9.17, 15) is 13.2 Å². The van der Waals surface area contributed by atoms with Crippen molar-refractivity contribution in [3.05, 3.63) is 29.3 Å². The van der Waals surface area contributed by atoms with Gasteiger partial charge in [0, 0.05) is 19.1 Å². The number of hydrogen-bond acceptors (Lipinski definition) is 3. The number of alkyl halides is 3. The molecule has 0 aliphatic heterocycles. The third kappa shape index (κ3) is 4.72. The van der Waals surface area contributed by atoms with Gasteiger partial charge in [-0.05, 0) is 24.7 Å². The topological polar surface area (TPSA) is 41.5 Å². The molecule has 0 aliphatic carbocycles. The first kappa shape index (κ1) is 15.8. The van der Waals surface area contributed by atoms with Gasteiger partial charge in [-0.15, -0.1) is 0 Å². The Balaban J connectivity index is 2.96. The first-order chi connectivity index (χ1) is 8.88. The minimum Gasteiger partial charge on any atom is -0.493 e. The van der Waals surface area contributed by atoms with Crippen LogP contribution in [0, 0.1) is 5.92 Å². The summed E-state index contributed by atoms with van der Waals surface area (Å²) in [5.41, 5.74) is -0.247. The number of nitrogens with one attached hydrogen (secondary N) is 1. The molecule has 108 valence electrons. The molecule has 0 fully saturated rings. The van der Waals surface area contributed by atoms with Crippen molar-refractivity contribution in [3.63, 3.8) is 0 Å². The molecule has 0 bridgehead atoms. The summed E-state index contributed by atoms with van der Waals surface area (Å²) in [6.07, 6.45) is -4.46. The molecule has 2 N–H and O–H groups in total. The summed E-state index contributed by atoms with van der Waals surface area (Å²) >= 11 is 0. The number of aliphatic hydroxyl groups is 1. The number of benzene rings is 1. The van der Waals surface area contributed by atoms with Crippen molar-refractivity contribution in [2.24, 2.45) is 5.92 Å². The highest BCUT2D eigenvalue weighted by molar-refractivity contribution is 5.39. The van der Waals surface area contributed by atoms with Crippen molar-refractivity contribution in [3.8, 4) is 5.75 Å². The van der Waals surface area contributed by atoms with Crippen LogP contribution in [0.4, 0.5) is 13.2 Å². The summed E-state index contributed by atoms with van der Waals surface area (Å²) in [4.78, 5) is 0. The van der Waals surface area contributed by atoms with E-state index in [0.29, 0.717) is 12.1 Å². The molecular weight excluding hydrogens is 259 g/mol. The van der Waals surface area contributed by atoms with E-state index in [1.165, 1.54) is 6.07 Å². The monoisotopic (exact) mass is 277 g/mol. The zero-order chi connectivity index (χ0) is 14.5. The second-order valence-corrected chi connectivity index (χ2v) is 4.46. The van der Waals surface area contributed by atoms with E-state index in [1.54, 1.807) is 20.0 Å². The Morgan fingerprint density at radius 2 is 2.05 bits per heavy atom. The second kappa shape index (κ2) is 6.77. The van der Waals surface area contributed by atoms with Crippen LogP contribution in [0.1, 0.15) is 18.1 Å². The molecule has 0 spiro atoms. The SMILES string of the molecule is CNCc1ccc(OCC(C)CO)c(C(F)(F)F)c1. The third-order valence-corrected chi connectivity index (χ3v) is 2.57. The zero-order valence-electron chi connectivity index (χ0n) is 10.9. The zero-order valence-corrected chi connectivity index (χ0v) is 10.9. The van der Waals surface area contributed by atoms with Crippen LogP contribution in [0.25, 0.3) is 0 Å². The summed E-state index contributed by atoms with van der Waals surface area (Å²) < 4.78 is 43.9. The van der Waals surface area contributed by atoms with Crippen LogP contribution < -0.4 is 10.1 Å². The maximum Gasteiger partial charge on any atom is 0.419 e. The fraction of sp³-hybridized carbons (Fsp3) is 0.538. The molecule has 0 saturated heterocycles. The average molecular weight is 277 g/mol. The molecule has 0 heterocycles. The highest BCUT2D eigenvalue weighted by Crippen LogP contribution is 2.37. The van der Waals surface area contributed by atoms with Crippen LogP contribution in [0.2, 0.25) is 0 Å². The molecule has 3 nitrogen and oxygen atoms in total. The molecule has 0 amide bonds. The van der Waals surface area contributed by atoms with Crippen molar-refractivity contribution in [2.75, 3.05) is 20.3 Å². The molecule has 1 unspecified atom stereocenters. The molecule has 1 aromatic rings. The van der Waals surface area contributed by atoms with Crippen LogP contribution in [-0.4, -0.2) is 25.4 Å². The number of halogens is 3. The smallest absolute Gasteiger partial charge is 0.419 e. The molecule has 1 atom stereocenters. The van der Waals surface area contributed by atoms with E-state index in [4.69, 9.17) is 9.84 Å². The first-order valence-electron chi connectivity index (χ1n) is 5.96. The maximum absolute atomic E-state index is 12.9. The van der Waals surface area contributed by atoms with Gasteiger partial charge in [0.15, 0.2) is 0 Å². The lowest BCUT2D eigenvalue weighted by molar-refractivity contribution is -0.139. The Morgan fingerprint density at radius 1 is 1.37 bits per heavy atom. The van der Waals surface area contributed by atoms with E-state index in [1.807, 2.05) is 0 Å². The molecule has 19 heavy (non-hydrogen) atoms. The molecule has 1 aromatic carbocycles. The van der Waals surface area contributed by atoms with E-state index >= 15 is 0 Å². The summed E-state index contributed by atoms with van der Waals surface area (Å²) in [7, 11) is 1.67. The minimum atomic E-state index is -4.46. The second-order valence-electron chi connectivity index (χ2n) is 4.46. The molecular formula is C13H18F3NO2. The van der Waals surface area contributed by atoms with Crippen LogP contribution in [0.3, 0.4) is 0 Å². The van der Waals surface area contributed by atoms with Gasteiger partial charge in [-0.3, -0.25) is 0 Å². The molecule has 0 aliphatic rings. The van der Waals surface area contributed by atoms with Gasteiger partial charge >= 0.3 is 6.18 Å². The Labute approximate surface area is 110 Å². The van der Waals surface area contributed by atoms with E-state index in [2.05, 4.69) is 5.32 Å². The van der Waals surface area contributed by atoms with E-state index in [-0.39, 0.29) is 24.9 Å². The Morgan fingerprint density at radius 3 is 2.58 bits per heavy atom. The molecule has 0 radical (unpaired) electrons. The Bertz CT molecular complexity index is 407. The highest BCUT2D eigenvalue weighted by atomic mass is 19.4. The van der Waals surface area contributed by atoms with Crippen molar-refractivity contribution in [1.29, 1.82) is 0 Å². The molecule has 1 rings (SSSR count). The third-order valence-electron chi connectivity index (χ3n) is 2.57. The molecule has 6 heteroatoms. The number of rotatable bonds is 6. The van der Waals surface area contributed by atoms with Gasteiger partial charge in [0.05, 0.1) is 12.2 Å². The number of ether oxygens (including phenoxy) is 1. The largest absolute Gasteiger partial charge is 0.493 e. The minimum absolute atomic E-state index is 0.0466. The summed E-state index contributed by atoms with van der Waals surface area (Å²) in [6.45, 7) is 1.98. The van der Waals surface area contributed by atoms with Crippen LogP contribution >= 0.6 is 0 Å². The standard InChI is InChI=1S/C13H18F3NO2/c1-9(7-18)8-19-12-4-3-10(6-17-2)5-11(12)13(14,15)16/h3-5,9,17-18H,6-8H2,1-2H3. The van der Waals surface area contributed by atoms with Gasteiger partial charge in [-0.25, -0.2) is 0 Å². The summed E-state index contributed by atoms with van der Waals surface area (Å²) in [5.74, 6) is -0.411. The van der Waals surface area contributed by atoms with Gasteiger partial charge < -0.3 is 15.2 Å². The van der Waals surface area contributed by atoms with Crippen molar-refractivity contribution in [2.45, 2.75) is 19.6 Å². The predicted octanol–water partition coefficient (Wildman–Crippen LogP) is 2.43. The first-order valence-corrected chi connectivity index (χ1v) is 5.96.